The largest absolute Gasteiger partial charge is 0.315 e. The Bertz CT molecular complexity index is 377. The van der Waals surface area contributed by atoms with Crippen LogP contribution >= 0.6 is 15.9 Å². The topological polar surface area (TPSA) is 55.2 Å². The fourth-order valence-electron chi connectivity index (χ4n) is 1.53. The molecule has 14 heavy (non-hydrogen) atoms. The van der Waals surface area contributed by atoms with E-state index in [1.165, 1.54) is 0 Å². The van der Waals surface area contributed by atoms with E-state index in [9.17, 15) is 10.1 Å². The van der Waals surface area contributed by atoms with Gasteiger partial charge in [-0.3, -0.25) is 10.1 Å². The molecule has 0 unspecified atom stereocenters. The highest BCUT2D eigenvalue weighted by molar-refractivity contribution is 9.10. The Morgan fingerprint density at radius 2 is 2.21 bits per heavy atom. The summed E-state index contributed by atoms with van der Waals surface area (Å²) in [6.45, 7) is 1.67. The third-order valence-corrected chi connectivity index (χ3v) is 2.90. The van der Waals surface area contributed by atoms with Crippen molar-refractivity contribution in [3.63, 3.8) is 0 Å². The number of halogens is 1. The van der Waals surface area contributed by atoms with Crippen molar-refractivity contribution < 1.29 is 4.92 Å². The monoisotopic (exact) mass is 256 g/mol. The number of hydrogen-bond donors (Lipinski definition) is 1. The van der Waals surface area contributed by atoms with Crippen LogP contribution in [0, 0.1) is 10.1 Å². The van der Waals surface area contributed by atoms with Gasteiger partial charge in [0.1, 0.15) is 0 Å². The Morgan fingerprint density at radius 1 is 1.50 bits per heavy atom. The number of rotatable bonds is 2. The van der Waals surface area contributed by atoms with Crippen molar-refractivity contribution in [2.75, 3.05) is 13.1 Å². The first kappa shape index (κ1) is 9.61. The highest BCUT2D eigenvalue weighted by atomic mass is 79.9. The van der Waals surface area contributed by atoms with Crippen LogP contribution in [-0.4, -0.2) is 18.0 Å². The number of hydrogen-bond acceptors (Lipinski definition) is 3. The van der Waals surface area contributed by atoms with Crippen molar-refractivity contribution in [3.8, 4) is 0 Å². The Balaban J connectivity index is 2.41. The van der Waals surface area contributed by atoms with Gasteiger partial charge in [-0.2, -0.15) is 0 Å². The summed E-state index contributed by atoms with van der Waals surface area (Å²) in [5, 5.41) is 13.9. The minimum atomic E-state index is -0.321. The molecule has 1 N–H and O–H groups in total. The van der Waals surface area contributed by atoms with Crippen LogP contribution in [-0.2, 0) is 0 Å². The molecule has 1 aliphatic rings. The van der Waals surface area contributed by atoms with E-state index < -0.39 is 0 Å². The lowest BCUT2D eigenvalue weighted by Crippen LogP contribution is -2.40. The van der Waals surface area contributed by atoms with Crippen LogP contribution in [0.2, 0.25) is 0 Å². The third kappa shape index (κ3) is 1.65. The standard InChI is InChI=1S/C9H9BrN2O2/c10-7-1-2-8(6-4-11-5-6)9(3-7)12(13)14/h1-3,6,11H,4-5H2. The first-order valence-corrected chi connectivity index (χ1v) is 5.12. The van der Waals surface area contributed by atoms with Gasteiger partial charge in [0.2, 0.25) is 0 Å². The minimum Gasteiger partial charge on any atom is -0.315 e. The van der Waals surface area contributed by atoms with Gasteiger partial charge in [-0.05, 0) is 6.07 Å². The molecule has 2 rings (SSSR count). The average molecular weight is 257 g/mol. The smallest absolute Gasteiger partial charge is 0.274 e. The van der Waals surface area contributed by atoms with E-state index in [2.05, 4.69) is 21.2 Å². The van der Waals surface area contributed by atoms with Crippen LogP contribution in [0.15, 0.2) is 22.7 Å². The van der Waals surface area contributed by atoms with Crippen LogP contribution in [0.3, 0.4) is 0 Å². The molecule has 74 valence electrons. The second-order valence-corrected chi connectivity index (χ2v) is 4.23. The van der Waals surface area contributed by atoms with Crippen LogP contribution in [0.5, 0.6) is 0 Å². The van der Waals surface area contributed by atoms with Gasteiger partial charge in [0.05, 0.1) is 4.92 Å². The van der Waals surface area contributed by atoms with E-state index in [1.807, 2.05) is 12.1 Å². The van der Waals surface area contributed by atoms with Crippen LogP contribution < -0.4 is 5.32 Å². The van der Waals surface area contributed by atoms with Crippen LogP contribution in [0.1, 0.15) is 11.5 Å². The molecule has 0 radical (unpaired) electrons. The normalized spacial score (nSPS) is 16.4. The zero-order valence-electron chi connectivity index (χ0n) is 7.37. The Morgan fingerprint density at radius 3 is 2.71 bits per heavy atom. The third-order valence-electron chi connectivity index (χ3n) is 2.41. The molecule has 0 atom stereocenters. The van der Waals surface area contributed by atoms with Gasteiger partial charge in [-0.15, -0.1) is 0 Å². The molecule has 4 nitrogen and oxygen atoms in total. The molecular formula is C9H9BrN2O2. The maximum absolute atomic E-state index is 10.8. The summed E-state index contributed by atoms with van der Waals surface area (Å²) >= 11 is 3.23. The lowest BCUT2D eigenvalue weighted by Gasteiger charge is -2.27. The molecule has 1 aliphatic heterocycles. The number of nitro benzene ring substituents is 1. The summed E-state index contributed by atoms with van der Waals surface area (Å²) in [5.41, 5.74) is 1.04. The average Bonchev–Trinajstić information content (AvgIpc) is 2.04. The predicted octanol–water partition coefficient (Wildman–Crippen LogP) is 2.04. The molecule has 1 aromatic carbocycles. The van der Waals surface area contributed by atoms with Gasteiger partial charge in [0, 0.05) is 35.1 Å². The van der Waals surface area contributed by atoms with Crippen molar-refractivity contribution in [1.29, 1.82) is 0 Å². The van der Waals surface area contributed by atoms with E-state index in [-0.39, 0.29) is 10.6 Å². The van der Waals surface area contributed by atoms with Crippen molar-refractivity contribution in [2.24, 2.45) is 0 Å². The fourth-order valence-corrected chi connectivity index (χ4v) is 1.88. The summed E-state index contributed by atoms with van der Waals surface area (Å²) in [7, 11) is 0. The Kier molecular flexibility index (Phi) is 2.52. The first-order chi connectivity index (χ1) is 6.68. The quantitative estimate of drug-likeness (QED) is 0.651. The maximum atomic E-state index is 10.8. The highest BCUT2D eigenvalue weighted by Crippen LogP contribution is 2.31. The van der Waals surface area contributed by atoms with E-state index in [0.717, 1.165) is 23.1 Å². The molecule has 1 aromatic rings. The summed E-state index contributed by atoms with van der Waals surface area (Å²) in [6.07, 6.45) is 0. The molecule has 0 spiro atoms. The van der Waals surface area contributed by atoms with Crippen LogP contribution in [0.4, 0.5) is 5.69 Å². The summed E-state index contributed by atoms with van der Waals surface area (Å²) in [4.78, 5) is 10.5. The Labute approximate surface area is 89.6 Å². The van der Waals surface area contributed by atoms with Gasteiger partial charge in [-0.25, -0.2) is 0 Å². The van der Waals surface area contributed by atoms with Crippen LogP contribution in [0.25, 0.3) is 0 Å². The maximum Gasteiger partial charge on any atom is 0.274 e. The van der Waals surface area contributed by atoms with Gasteiger partial charge in [0.15, 0.2) is 0 Å². The predicted molar refractivity (Wildman–Crippen MR) is 56.4 cm³/mol. The molecule has 1 saturated heterocycles. The van der Waals surface area contributed by atoms with Gasteiger partial charge < -0.3 is 5.32 Å². The zero-order valence-corrected chi connectivity index (χ0v) is 8.95. The van der Waals surface area contributed by atoms with Gasteiger partial charge in [0.25, 0.3) is 5.69 Å². The van der Waals surface area contributed by atoms with Crippen molar-refractivity contribution in [2.45, 2.75) is 5.92 Å². The van der Waals surface area contributed by atoms with Gasteiger partial charge >= 0.3 is 0 Å². The second-order valence-electron chi connectivity index (χ2n) is 3.32. The lowest BCUT2D eigenvalue weighted by molar-refractivity contribution is -0.385. The summed E-state index contributed by atoms with van der Waals surface area (Å²) in [5.74, 6) is 0.295. The molecule has 0 aromatic heterocycles. The molecule has 0 amide bonds. The number of nitrogens with zero attached hydrogens (tertiary/aromatic N) is 1. The minimum absolute atomic E-state index is 0.214. The number of nitro groups is 1. The highest BCUT2D eigenvalue weighted by Gasteiger charge is 2.26. The van der Waals surface area contributed by atoms with E-state index >= 15 is 0 Å². The molecule has 0 aliphatic carbocycles. The van der Waals surface area contributed by atoms with Gasteiger partial charge in [-0.1, -0.05) is 22.0 Å². The van der Waals surface area contributed by atoms with E-state index in [0.29, 0.717) is 5.92 Å². The fraction of sp³-hybridized carbons (Fsp3) is 0.333. The van der Waals surface area contributed by atoms with Crippen molar-refractivity contribution >= 4 is 21.6 Å². The van der Waals surface area contributed by atoms with E-state index in [1.54, 1.807) is 6.07 Å². The second kappa shape index (κ2) is 3.67. The summed E-state index contributed by atoms with van der Waals surface area (Å²) < 4.78 is 0.750. The van der Waals surface area contributed by atoms with Crippen molar-refractivity contribution in [1.82, 2.24) is 5.32 Å². The molecule has 1 heterocycles. The summed E-state index contributed by atoms with van der Waals surface area (Å²) in [6, 6.07) is 5.24. The molecule has 5 heteroatoms. The SMILES string of the molecule is O=[N+]([O-])c1cc(Br)ccc1C1CNC1. The number of nitrogens with one attached hydrogen (secondary N) is 1. The zero-order chi connectivity index (χ0) is 10.1. The molecular weight excluding hydrogens is 248 g/mol. The molecule has 0 saturated carbocycles. The van der Waals surface area contributed by atoms with Crippen molar-refractivity contribution in [3.05, 3.63) is 38.3 Å². The van der Waals surface area contributed by atoms with E-state index in [4.69, 9.17) is 0 Å². The lowest BCUT2D eigenvalue weighted by atomic mass is 9.92. The first-order valence-electron chi connectivity index (χ1n) is 4.33. The Hall–Kier alpha value is -0.940. The number of benzene rings is 1. The molecule has 0 bridgehead atoms. The molecule has 1 fully saturated rings.